The molecule has 0 fully saturated rings. The summed E-state index contributed by atoms with van der Waals surface area (Å²) in [6, 6.07) is 8.21. The Morgan fingerprint density at radius 3 is 2.29 bits per heavy atom. The fourth-order valence-electron chi connectivity index (χ4n) is 2.34. The van der Waals surface area contributed by atoms with E-state index in [1.807, 2.05) is 17.5 Å². The molecule has 0 radical (unpaired) electrons. The highest BCUT2D eigenvalue weighted by atomic mass is 32.1. The number of H-pyrrole nitrogens is 2. The van der Waals surface area contributed by atoms with Gasteiger partial charge in [-0.2, -0.15) is 0 Å². The molecule has 2 heterocycles. The molecule has 0 aliphatic heterocycles. The third-order valence-electron chi connectivity index (χ3n) is 3.53. The Morgan fingerprint density at radius 2 is 1.67 bits per heavy atom. The number of hydrogen-bond acceptors (Lipinski definition) is 3. The lowest BCUT2D eigenvalue weighted by Gasteiger charge is -2.19. The predicted octanol–water partition coefficient (Wildman–Crippen LogP) is 3.24. The summed E-state index contributed by atoms with van der Waals surface area (Å²) in [6.07, 6.45) is 0. The van der Waals surface area contributed by atoms with E-state index in [1.165, 1.54) is 16.9 Å². The second-order valence-corrected chi connectivity index (χ2v) is 6.97. The van der Waals surface area contributed by atoms with Crippen LogP contribution in [0.4, 0.5) is 0 Å². The lowest BCUT2D eigenvalue weighted by molar-refractivity contribution is 0.590. The van der Waals surface area contributed by atoms with Gasteiger partial charge in [0, 0.05) is 10.9 Å². The number of fused-ring (bicyclic) bond motifs is 1. The van der Waals surface area contributed by atoms with Crippen molar-refractivity contribution in [3.63, 3.8) is 0 Å². The maximum atomic E-state index is 12.0. The van der Waals surface area contributed by atoms with Gasteiger partial charge in [0.1, 0.15) is 4.83 Å². The average molecular weight is 300 g/mol. The largest absolute Gasteiger partial charge is 0.326 e. The molecule has 1 aromatic carbocycles. The highest BCUT2D eigenvalue weighted by Gasteiger charge is 2.15. The molecular formula is C16H16N2O2S. The van der Waals surface area contributed by atoms with Crippen LogP contribution in [-0.2, 0) is 5.41 Å². The van der Waals surface area contributed by atoms with E-state index in [-0.39, 0.29) is 11.0 Å². The molecule has 108 valence electrons. The third kappa shape index (κ3) is 2.45. The third-order valence-corrected chi connectivity index (χ3v) is 4.43. The number of aromatic amines is 2. The van der Waals surface area contributed by atoms with Crippen molar-refractivity contribution >= 4 is 21.6 Å². The van der Waals surface area contributed by atoms with Gasteiger partial charge in [-0.1, -0.05) is 45.0 Å². The van der Waals surface area contributed by atoms with E-state index < -0.39 is 5.69 Å². The van der Waals surface area contributed by atoms with E-state index in [0.29, 0.717) is 10.2 Å². The van der Waals surface area contributed by atoms with Gasteiger partial charge in [-0.3, -0.25) is 14.8 Å². The molecular weight excluding hydrogens is 284 g/mol. The van der Waals surface area contributed by atoms with Crippen LogP contribution in [0.5, 0.6) is 0 Å². The van der Waals surface area contributed by atoms with Crippen molar-refractivity contribution in [2.24, 2.45) is 0 Å². The lowest BCUT2D eigenvalue weighted by atomic mass is 9.86. The Bertz CT molecular complexity index is 908. The highest BCUT2D eigenvalue weighted by Crippen LogP contribution is 2.31. The first kappa shape index (κ1) is 13.8. The second kappa shape index (κ2) is 4.70. The minimum atomic E-state index is -0.469. The summed E-state index contributed by atoms with van der Waals surface area (Å²) in [4.78, 5) is 28.9. The molecule has 0 atom stereocenters. The molecule has 5 heteroatoms. The first-order valence-corrected chi connectivity index (χ1v) is 7.59. The maximum Gasteiger partial charge on any atom is 0.326 e. The molecule has 0 unspecified atom stereocenters. The van der Waals surface area contributed by atoms with Crippen molar-refractivity contribution in [1.82, 2.24) is 9.97 Å². The second-order valence-electron chi connectivity index (χ2n) is 6.09. The summed E-state index contributed by atoms with van der Waals surface area (Å²) in [5.41, 5.74) is 2.36. The fourth-order valence-corrected chi connectivity index (χ4v) is 3.30. The van der Waals surface area contributed by atoms with Gasteiger partial charge in [0.25, 0.3) is 5.56 Å². The molecule has 0 aliphatic carbocycles. The van der Waals surface area contributed by atoms with Crippen LogP contribution >= 0.6 is 11.3 Å². The number of thiophene rings is 1. The average Bonchev–Trinajstić information content (AvgIpc) is 2.81. The molecule has 0 aliphatic rings. The fraction of sp³-hybridized carbons (Fsp3) is 0.250. The predicted molar refractivity (Wildman–Crippen MR) is 87.2 cm³/mol. The monoisotopic (exact) mass is 300 g/mol. The molecule has 0 saturated heterocycles. The Balaban J connectivity index is 2.17. The van der Waals surface area contributed by atoms with E-state index in [9.17, 15) is 9.59 Å². The van der Waals surface area contributed by atoms with Crippen LogP contribution in [0.3, 0.4) is 0 Å². The van der Waals surface area contributed by atoms with Gasteiger partial charge in [-0.15, -0.1) is 11.3 Å². The molecule has 3 rings (SSSR count). The van der Waals surface area contributed by atoms with Crippen LogP contribution in [0.2, 0.25) is 0 Å². The summed E-state index contributed by atoms with van der Waals surface area (Å²) in [5.74, 6) is 0. The van der Waals surface area contributed by atoms with Crippen LogP contribution in [0.1, 0.15) is 26.3 Å². The summed E-state index contributed by atoms with van der Waals surface area (Å²) in [5, 5.41) is 2.45. The minimum absolute atomic E-state index is 0.0952. The van der Waals surface area contributed by atoms with Gasteiger partial charge in [-0.25, -0.2) is 4.79 Å². The Morgan fingerprint density at radius 1 is 1.00 bits per heavy atom. The molecule has 2 N–H and O–H groups in total. The number of aromatic nitrogens is 2. The van der Waals surface area contributed by atoms with Gasteiger partial charge >= 0.3 is 5.69 Å². The van der Waals surface area contributed by atoms with Gasteiger partial charge in [0.2, 0.25) is 0 Å². The zero-order valence-corrected chi connectivity index (χ0v) is 12.9. The smallest absolute Gasteiger partial charge is 0.298 e. The Labute approximate surface area is 125 Å². The number of benzene rings is 1. The van der Waals surface area contributed by atoms with E-state index in [0.717, 1.165) is 11.1 Å². The van der Waals surface area contributed by atoms with E-state index in [2.05, 4.69) is 42.9 Å². The molecule has 0 spiro atoms. The summed E-state index contributed by atoms with van der Waals surface area (Å²) in [7, 11) is 0. The summed E-state index contributed by atoms with van der Waals surface area (Å²) < 4.78 is 0. The normalized spacial score (nSPS) is 12.0. The highest BCUT2D eigenvalue weighted by molar-refractivity contribution is 7.17. The van der Waals surface area contributed by atoms with Crippen molar-refractivity contribution in [1.29, 1.82) is 0 Å². The van der Waals surface area contributed by atoms with Crippen molar-refractivity contribution in [2.45, 2.75) is 26.2 Å². The number of hydrogen-bond donors (Lipinski definition) is 2. The quantitative estimate of drug-likeness (QED) is 0.724. The van der Waals surface area contributed by atoms with E-state index in [1.54, 1.807) is 0 Å². The lowest BCUT2D eigenvalue weighted by Crippen LogP contribution is -2.21. The van der Waals surface area contributed by atoms with Crippen LogP contribution in [0.15, 0.2) is 39.2 Å². The number of nitrogens with one attached hydrogen (secondary N) is 2. The summed E-state index contributed by atoms with van der Waals surface area (Å²) >= 11 is 1.37. The molecule has 4 nitrogen and oxygen atoms in total. The zero-order chi connectivity index (χ0) is 15.2. The summed E-state index contributed by atoms with van der Waals surface area (Å²) in [6.45, 7) is 6.49. The Hall–Kier alpha value is -2.14. The minimum Gasteiger partial charge on any atom is -0.298 e. The number of rotatable bonds is 1. The van der Waals surface area contributed by atoms with Gasteiger partial charge in [0.05, 0.1) is 5.39 Å². The maximum absolute atomic E-state index is 12.0. The molecule has 3 aromatic rings. The Kier molecular flexibility index (Phi) is 3.10. The van der Waals surface area contributed by atoms with Gasteiger partial charge in [-0.05, 0) is 16.5 Å². The molecule has 21 heavy (non-hydrogen) atoms. The van der Waals surface area contributed by atoms with Gasteiger partial charge < -0.3 is 0 Å². The molecule has 0 amide bonds. The molecule has 0 bridgehead atoms. The SMILES string of the molecule is CC(C)(C)c1ccc(-c2csc3[nH]c(=O)[nH]c(=O)c23)cc1. The van der Waals surface area contributed by atoms with Crippen molar-refractivity contribution in [3.05, 3.63) is 56.0 Å². The van der Waals surface area contributed by atoms with Crippen molar-refractivity contribution < 1.29 is 0 Å². The molecule has 2 aromatic heterocycles. The van der Waals surface area contributed by atoms with Crippen LogP contribution in [-0.4, -0.2) is 9.97 Å². The zero-order valence-electron chi connectivity index (χ0n) is 12.1. The van der Waals surface area contributed by atoms with Gasteiger partial charge in [0.15, 0.2) is 0 Å². The van der Waals surface area contributed by atoms with Crippen LogP contribution < -0.4 is 11.2 Å². The first-order chi connectivity index (χ1) is 9.86. The van der Waals surface area contributed by atoms with Crippen LogP contribution in [0, 0.1) is 0 Å². The van der Waals surface area contributed by atoms with Crippen LogP contribution in [0.25, 0.3) is 21.3 Å². The van der Waals surface area contributed by atoms with Crippen molar-refractivity contribution in [3.8, 4) is 11.1 Å². The first-order valence-electron chi connectivity index (χ1n) is 6.71. The van der Waals surface area contributed by atoms with E-state index in [4.69, 9.17) is 0 Å². The van der Waals surface area contributed by atoms with E-state index >= 15 is 0 Å². The molecule has 0 saturated carbocycles. The topological polar surface area (TPSA) is 65.7 Å². The van der Waals surface area contributed by atoms with Crippen molar-refractivity contribution in [2.75, 3.05) is 0 Å². The standard InChI is InChI=1S/C16H16N2O2S/c1-16(2,3)10-6-4-9(5-7-10)11-8-21-14-12(11)13(19)17-15(20)18-14/h4-8H,1-3H3,(H2,17,18,19,20).